The van der Waals surface area contributed by atoms with Crippen LogP contribution in [0.25, 0.3) is 0 Å². The van der Waals surface area contributed by atoms with Crippen LogP contribution in [0.15, 0.2) is 11.4 Å². The van der Waals surface area contributed by atoms with Crippen LogP contribution in [0.5, 0.6) is 0 Å². The second-order valence-electron chi connectivity index (χ2n) is 5.69. The number of nitrogens with one attached hydrogen (secondary N) is 1. The maximum atomic E-state index is 12.0. The largest absolute Gasteiger partial charge is 0.348 e. The van der Waals surface area contributed by atoms with Gasteiger partial charge in [-0.25, -0.2) is 0 Å². The van der Waals surface area contributed by atoms with Gasteiger partial charge in [-0.05, 0) is 24.3 Å². The van der Waals surface area contributed by atoms with E-state index in [1.807, 2.05) is 0 Å². The first-order valence-corrected chi connectivity index (χ1v) is 7.95. The smallest absolute Gasteiger partial charge is 0.261 e. The molecule has 100 valence electrons. The molecule has 1 aromatic rings. The number of hydrogen-bond donors (Lipinski definition) is 1. The molecule has 0 bridgehead atoms. The van der Waals surface area contributed by atoms with Crippen LogP contribution >= 0.6 is 11.3 Å². The van der Waals surface area contributed by atoms with Crippen molar-refractivity contribution in [2.45, 2.75) is 44.6 Å². The molecule has 2 fully saturated rings. The lowest BCUT2D eigenvalue weighted by Crippen LogP contribution is -2.27. The van der Waals surface area contributed by atoms with Crippen molar-refractivity contribution >= 4 is 17.2 Å². The fourth-order valence-electron chi connectivity index (χ4n) is 3.22. The highest BCUT2D eigenvalue weighted by Gasteiger charge is 2.43. The van der Waals surface area contributed by atoms with Gasteiger partial charge in [-0.2, -0.15) is 5.26 Å². The van der Waals surface area contributed by atoms with Crippen LogP contribution in [0.1, 0.15) is 53.8 Å². The van der Waals surface area contributed by atoms with Crippen LogP contribution in [0, 0.1) is 23.2 Å². The molecular formula is C15H18N2OS. The van der Waals surface area contributed by atoms with E-state index in [0.717, 1.165) is 12.3 Å². The molecule has 0 spiro atoms. The molecule has 0 aromatic carbocycles. The monoisotopic (exact) mass is 274 g/mol. The Hall–Kier alpha value is -1.34. The van der Waals surface area contributed by atoms with E-state index in [2.05, 4.69) is 11.4 Å². The second kappa shape index (κ2) is 5.34. The predicted molar refractivity (Wildman–Crippen MR) is 75.0 cm³/mol. The summed E-state index contributed by atoms with van der Waals surface area (Å²) in [5.74, 6) is 1.53. The molecular weight excluding hydrogens is 256 g/mol. The Labute approximate surface area is 117 Å². The molecule has 1 amide bonds. The van der Waals surface area contributed by atoms with Crippen molar-refractivity contribution in [3.63, 3.8) is 0 Å². The molecule has 4 heteroatoms. The maximum Gasteiger partial charge on any atom is 0.261 e. The molecule has 0 aliphatic heterocycles. The molecule has 0 radical (unpaired) electrons. The number of amides is 1. The van der Waals surface area contributed by atoms with Crippen molar-refractivity contribution in [3.05, 3.63) is 21.9 Å². The van der Waals surface area contributed by atoms with Gasteiger partial charge in [-0.3, -0.25) is 4.79 Å². The summed E-state index contributed by atoms with van der Waals surface area (Å²) in [5.41, 5.74) is 0.578. The summed E-state index contributed by atoms with van der Waals surface area (Å²) in [6.45, 7) is 0. The van der Waals surface area contributed by atoms with Gasteiger partial charge >= 0.3 is 0 Å². The average molecular weight is 274 g/mol. The molecule has 2 atom stereocenters. The van der Waals surface area contributed by atoms with Crippen LogP contribution < -0.4 is 5.32 Å². The van der Waals surface area contributed by atoms with Crippen molar-refractivity contribution in [3.8, 4) is 6.07 Å². The summed E-state index contributed by atoms with van der Waals surface area (Å²) in [6.07, 6.45) is 7.93. The van der Waals surface area contributed by atoms with E-state index in [0.29, 0.717) is 22.4 Å². The van der Waals surface area contributed by atoms with E-state index in [9.17, 15) is 4.79 Å². The molecule has 3 nitrogen and oxygen atoms in total. The van der Waals surface area contributed by atoms with Gasteiger partial charge in [-0.15, -0.1) is 11.3 Å². The number of hydrogen-bond acceptors (Lipinski definition) is 3. The van der Waals surface area contributed by atoms with Gasteiger partial charge in [0.2, 0.25) is 0 Å². The zero-order valence-electron chi connectivity index (χ0n) is 10.9. The second-order valence-corrected chi connectivity index (χ2v) is 6.60. The van der Waals surface area contributed by atoms with E-state index in [-0.39, 0.29) is 5.91 Å². The number of carbonyl (C=O) groups excluding carboxylic acids is 1. The molecule has 3 rings (SSSR count). The van der Waals surface area contributed by atoms with Gasteiger partial charge in [-0.1, -0.05) is 32.1 Å². The lowest BCUT2D eigenvalue weighted by molar-refractivity contribution is 0.0951. The van der Waals surface area contributed by atoms with E-state index in [1.54, 1.807) is 11.4 Å². The van der Waals surface area contributed by atoms with Gasteiger partial charge in [0.05, 0.1) is 10.4 Å². The Bertz CT molecular complexity index is 510. The van der Waals surface area contributed by atoms with Gasteiger partial charge < -0.3 is 5.32 Å². The van der Waals surface area contributed by atoms with Crippen molar-refractivity contribution in [1.82, 2.24) is 5.32 Å². The normalized spacial score (nSPS) is 26.7. The molecule has 1 heterocycles. The molecule has 1 N–H and O–H groups in total. The Balaban J connectivity index is 1.52. The van der Waals surface area contributed by atoms with Gasteiger partial charge in [0.1, 0.15) is 6.07 Å². The lowest BCUT2D eigenvalue weighted by Gasteiger charge is -2.21. The Kier molecular flexibility index (Phi) is 3.56. The highest BCUT2D eigenvalue weighted by Crippen LogP contribution is 2.44. The summed E-state index contributed by atoms with van der Waals surface area (Å²) >= 11 is 1.35. The average Bonchev–Trinajstić information content (AvgIpc) is 3.04. The fourth-order valence-corrected chi connectivity index (χ4v) is 3.95. The van der Waals surface area contributed by atoms with E-state index in [1.165, 1.54) is 43.4 Å². The van der Waals surface area contributed by atoms with Crippen LogP contribution in [0.4, 0.5) is 0 Å². The minimum Gasteiger partial charge on any atom is -0.348 e. The third-order valence-corrected chi connectivity index (χ3v) is 5.29. The minimum atomic E-state index is -0.00481. The zero-order valence-corrected chi connectivity index (χ0v) is 11.7. The topological polar surface area (TPSA) is 52.9 Å². The summed E-state index contributed by atoms with van der Waals surface area (Å²) in [5, 5.41) is 13.6. The number of nitrogens with zero attached hydrogens (tertiary/aromatic N) is 1. The van der Waals surface area contributed by atoms with Crippen LogP contribution in [-0.2, 0) is 0 Å². The Morgan fingerprint density at radius 1 is 1.37 bits per heavy atom. The first kappa shape index (κ1) is 12.7. The zero-order chi connectivity index (χ0) is 13.2. The van der Waals surface area contributed by atoms with Crippen molar-refractivity contribution in [2.75, 3.05) is 0 Å². The molecule has 2 aliphatic carbocycles. The third-order valence-electron chi connectivity index (χ3n) is 4.36. The molecule has 2 saturated carbocycles. The summed E-state index contributed by atoms with van der Waals surface area (Å²) in [6, 6.07) is 4.12. The highest BCUT2D eigenvalue weighted by molar-refractivity contribution is 7.12. The summed E-state index contributed by atoms with van der Waals surface area (Å²) in [7, 11) is 0. The van der Waals surface area contributed by atoms with Crippen LogP contribution in [0.2, 0.25) is 0 Å². The standard InChI is InChI=1S/C15H18N2OS/c16-8-10-6-14(19-9-10)15(18)17-13-7-12(13)11-4-2-1-3-5-11/h6,9,11-13H,1-5,7H2,(H,17,18). The number of carbonyl (C=O) groups is 1. The molecule has 19 heavy (non-hydrogen) atoms. The highest BCUT2D eigenvalue weighted by atomic mass is 32.1. The predicted octanol–water partition coefficient (Wildman–Crippen LogP) is 3.32. The molecule has 1 aromatic heterocycles. The van der Waals surface area contributed by atoms with Crippen molar-refractivity contribution in [1.29, 1.82) is 5.26 Å². The number of rotatable bonds is 3. The van der Waals surface area contributed by atoms with Crippen molar-refractivity contribution in [2.24, 2.45) is 11.8 Å². The molecule has 2 aliphatic rings. The SMILES string of the molecule is N#Cc1csc(C(=O)NC2CC2C2CCCCC2)c1. The quantitative estimate of drug-likeness (QED) is 0.919. The summed E-state index contributed by atoms with van der Waals surface area (Å²) < 4.78 is 0. The number of nitriles is 1. The Morgan fingerprint density at radius 2 is 2.16 bits per heavy atom. The van der Waals surface area contributed by atoms with Gasteiger partial charge in [0.25, 0.3) is 5.91 Å². The third kappa shape index (κ3) is 2.82. The van der Waals surface area contributed by atoms with Crippen LogP contribution in [0.3, 0.4) is 0 Å². The van der Waals surface area contributed by atoms with E-state index in [4.69, 9.17) is 5.26 Å². The lowest BCUT2D eigenvalue weighted by atomic mass is 9.85. The summed E-state index contributed by atoms with van der Waals surface area (Å²) in [4.78, 5) is 12.7. The van der Waals surface area contributed by atoms with E-state index < -0.39 is 0 Å². The van der Waals surface area contributed by atoms with Gasteiger partial charge in [0.15, 0.2) is 0 Å². The number of thiophene rings is 1. The fraction of sp³-hybridized carbons (Fsp3) is 0.600. The van der Waals surface area contributed by atoms with Crippen LogP contribution in [-0.4, -0.2) is 11.9 Å². The minimum absolute atomic E-state index is 0.00481. The Morgan fingerprint density at radius 3 is 2.84 bits per heavy atom. The van der Waals surface area contributed by atoms with E-state index >= 15 is 0 Å². The maximum absolute atomic E-state index is 12.0. The van der Waals surface area contributed by atoms with Gasteiger partial charge in [0, 0.05) is 11.4 Å². The molecule has 2 unspecified atom stereocenters. The first-order chi connectivity index (χ1) is 9.28. The van der Waals surface area contributed by atoms with Crippen molar-refractivity contribution < 1.29 is 4.79 Å². The molecule has 0 saturated heterocycles. The first-order valence-electron chi connectivity index (χ1n) is 7.07.